The number of amides is 2. The molecule has 29 heavy (non-hydrogen) atoms. The maximum absolute atomic E-state index is 12.9. The molecule has 3 rings (SSSR count). The Morgan fingerprint density at radius 2 is 1.66 bits per heavy atom. The molecule has 2 aliphatic rings. The number of fused-ring (bicyclic) bond motifs is 1. The SMILES string of the molecule is CCN1C(=O)C(=Cc2ccc3c(c2)[C@@H](C)CC(C)(C)N3CC)C(=O)N(CC)C1=S. The minimum atomic E-state index is -0.311. The summed E-state index contributed by atoms with van der Waals surface area (Å²) in [5.74, 6) is -0.214. The Hall–Kier alpha value is -2.21. The van der Waals surface area contributed by atoms with E-state index in [1.807, 2.05) is 19.9 Å². The van der Waals surface area contributed by atoms with Crippen molar-refractivity contribution in [3.63, 3.8) is 0 Å². The van der Waals surface area contributed by atoms with Gasteiger partial charge in [0.2, 0.25) is 0 Å². The van der Waals surface area contributed by atoms with Crippen LogP contribution in [-0.4, -0.2) is 51.9 Å². The number of thiocarbonyl (C=S) groups is 1. The molecule has 0 N–H and O–H groups in total. The van der Waals surface area contributed by atoms with E-state index in [1.54, 1.807) is 6.08 Å². The van der Waals surface area contributed by atoms with Crippen LogP contribution in [0.3, 0.4) is 0 Å². The summed E-state index contributed by atoms with van der Waals surface area (Å²) in [6, 6.07) is 6.26. The van der Waals surface area contributed by atoms with E-state index < -0.39 is 0 Å². The van der Waals surface area contributed by atoms with Crippen molar-refractivity contribution in [3.05, 3.63) is 34.9 Å². The monoisotopic (exact) mass is 413 g/mol. The fraction of sp³-hybridized carbons (Fsp3) is 0.522. The van der Waals surface area contributed by atoms with Crippen LogP contribution in [0.1, 0.15) is 65.0 Å². The first-order chi connectivity index (χ1) is 13.7. The summed E-state index contributed by atoms with van der Waals surface area (Å²) in [6.45, 7) is 14.6. The maximum Gasteiger partial charge on any atom is 0.265 e. The number of benzene rings is 1. The van der Waals surface area contributed by atoms with E-state index in [0.29, 0.717) is 24.1 Å². The van der Waals surface area contributed by atoms with Gasteiger partial charge in [-0.3, -0.25) is 19.4 Å². The van der Waals surface area contributed by atoms with Crippen LogP contribution in [0.25, 0.3) is 6.08 Å². The maximum atomic E-state index is 12.9. The first-order valence-corrected chi connectivity index (χ1v) is 10.9. The van der Waals surface area contributed by atoms with Crippen molar-refractivity contribution in [2.24, 2.45) is 0 Å². The van der Waals surface area contributed by atoms with Gasteiger partial charge in [0.15, 0.2) is 5.11 Å². The third-order valence-electron chi connectivity index (χ3n) is 6.08. The van der Waals surface area contributed by atoms with Crippen LogP contribution in [0, 0.1) is 0 Å². The molecule has 1 aromatic rings. The van der Waals surface area contributed by atoms with Crippen molar-refractivity contribution < 1.29 is 9.59 Å². The Morgan fingerprint density at radius 1 is 1.07 bits per heavy atom. The fourth-order valence-corrected chi connectivity index (χ4v) is 5.17. The molecule has 6 heteroatoms. The summed E-state index contributed by atoms with van der Waals surface area (Å²) >= 11 is 5.34. The van der Waals surface area contributed by atoms with Crippen LogP contribution >= 0.6 is 12.2 Å². The quantitative estimate of drug-likeness (QED) is 0.422. The first-order valence-electron chi connectivity index (χ1n) is 10.5. The van der Waals surface area contributed by atoms with E-state index in [-0.39, 0.29) is 22.9 Å². The van der Waals surface area contributed by atoms with E-state index in [2.05, 4.69) is 44.7 Å². The Balaban J connectivity index is 2.05. The van der Waals surface area contributed by atoms with Crippen molar-refractivity contribution in [1.29, 1.82) is 0 Å². The number of carbonyl (C=O) groups excluding carboxylic acids is 2. The van der Waals surface area contributed by atoms with Crippen LogP contribution in [0.5, 0.6) is 0 Å². The highest BCUT2D eigenvalue weighted by Gasteiger charge is 2.38. The van der Waals surface area contributed by atoms with Gasteiger partial charge < -0.3 is 4.90 Å². The Morgan fingerprint density at radius 3 is 2.17 bits per heavy atom. The number of rotatable bonds is 4. The molecule has 2 aliphatic heterocycles. The van der Waals surface area contributed by atoms with Crippen LogP contribution in [-0.2, 0) is 9.59 Å². The molecule has 0 aromatic heterocycles. The molecule has 1 saturated heterocycles. The highest BCUT2D eigenvalue weighted by Crippen LogP contribution is 2.43. The summed E-state index contributed by atoms with van der Waals surface area (Å²) < 4.78 is 0. The molecule has 0 spiro atoms. The fourth-order valence-electron chi connectivity index (χ4n) is 4.75. The molecule has 5 nitrogen and oxygen atoms in total. The molecule has 1 atom stereocenters. The molecular formula is C23H31N3O2S. The summed E-state index contributed by atoms with van der Waals surface area (Å²) in [5.41, 5.74) is 3.68. The number of likely N-dealkylation sites (N-methyl/N-ethyl adjacent to an activating group) is 2. The smallest absolute Gasteiger partial charge is 0.265 e. The molecular weight excluding hydrogens is 382 g/mol. The highest BCUT2D eigenvalue weighted by atomic mass is 32.1. The second-order valence-electron chi connectivity index (χ2n) is 8.42. The summed E-state index contributed by atoms with van der Waals surface area (Å²) in [5, 5.41) is 0.294. The lowest BCUT2D eigenvalue weighted by Crippen LogP contribution is -2.55. The zero-order valence-electron chi connectivity index (χ0n) is 18.3. The summed E-state index contributed by atoms with van der Waals surface area (Å²) in [7, 11) is 0. The highest BCUT2D eigenvalue weighted by molar-refractivity contribution is 7.80. The molecule has 1 aromatic carbocycles. The van der Waals surface area contributed by atoms with Gasteiger partial charge >= 0.3 is 0 Å². The Labute approximate surface area is 179 Å². The van der Waals surface area contributed by atoms with E-state index >= 15 is 0 Å². The van der Waals surface area contributed by atoms with Crippen molar-refractivity contribution in [3.8, 4) is 0 Å². The van der Waals surface area contributed by atoms with E-state index in [9.17, 15) is 9.59 Å². The van der Waals surface area contributed by atoms with Crippen LogP contribution in [0.2, 0.25) is 0 Å². The predicted molar refractivity (Wildman–Crippen MR) is 122 cm³/mol. The lowest BCUT2D eigenvalue weighted by Gasteiger charge is -2.47. The summed E-state index contributed by atoms with van der Waals surface area (Å²) in [4.78, 5) is 31.2. The van der Waals surface area contributed by atoms with Crippen molar-refractivity contribution in [2.75, 3.05) is 24.5 Å². The Kier molecular flexibility index (Phi) is 5.86. The van der Waals surface area contributed by atoms with Gasteiger partial charge in [-0.15, -0.1) is 0 Å². The molecule has 0 bridgehead atoms. The van der Waals surface area contributed by atoms with E-state index in [0.717, 1.165) is 18.5 Å². The standard InChI is InChI=1S/C23H31N3O2S/c1-7-24-20(27)18(21(28)25(8-2)22(24)29)13-16-10-11-19-17(12-16)15(4)14-23(5,6)26(19)9-3/h10-13,15H,7-9,14H2,1-6H3/t15-/m0/s1. The van der Waals surface area contributed by atoms with Gasteiger partial charge in [-0.25, -0.2) is 0 Å². The minimum absolute atomic E-state index is 0.107. The number of nitrogens with zero attached hydrogens (tertiary/aromatic N) is 3. The zero-order valence-corrected chi connectivity index (χ0v) is 19.1. The topological polar surface area (TPSA) is 43.9 Å². The molecule has 0 unspecified atom stereocenters. The average molecular weight is 414 g/mol. The largest absolute Gasteiger partial charge is 0.366 e. The van der Waals surface area contributed by atoms with Gasteiger partial charge in [-0.2, -0.15) is 0 Å². The Bertz CT molecular complexity index is 862. The average Bonchev–Trinajstić information content (AvgIpc) is 2.66. The first kappa shape index (κ1) is 21.5. The van der Waals surface area contributed by atoms with E-state index in [4.69, 9.17) is 12.2 Å². The van der Waals surface area contributed by atoms with Crippen molar-refractivity contribution >= 4 is 40.9 Å². The molecule has 2 amide bonds. The number of hydrogen-bond donors (Lipinski definition) is 0. The van der Waals surface area contributed by atoms with Gasteiger partial charge in [-0.05, 0) is 88.5 Å². The van der Waals surface area contributed by atoms with Crippen molar-refractivity contribution in [1.82, 2.24) is 9.80 Å². The molecule has 0 aliphatic carbocycles. The molecule has 2 heterocycles. The minimum Gasteiger partial charge on any atom is -0.366 e. The lowest BCUT2D eigenvalue weighted by molar-refractivity contribution is -0.133. The van der Waals surface area contributed by atoms with Gasteiger partial charge in [0.05, 0.1) is 0 Å². The number of hydrogen-bond acceptors (Lipinski definition) is 4. The van der Waals surface area contributed by atoms with Gasteiger partial charge in [-0.1, -0.05) is 13.0 Å². The zero-order chi connectivity index (χ0) is 21.5. The summed E-state index contributed by atoms with van der Waals surface area (Å²) in [6.07, 6.45) is 2.79. The predicted octanol–water partition coefficient (Wildman–Crippen LogP) is 4.18. The van der Waals surface area contributed by atoms with Crippen LogP contribution in [0.15, 0.2) is 23.8 Å². The second-order valence-corrected chi connectivity index (χ2v) is 8.78. The molecule has 0 radical (unpaired) electrons. The third-order valence-corrected chi connectivity index (χ3v) is 6.52. The number of anilines is 1. The number of carbonyl (C=O) groups is 2. The molecule has 156 valence electrons. The second kappa shape index (κ2) is 7.90. The molecule has 1 fully saturated rings. The molecule has 0 saturated carbocycles. The van der Waals surface area contributed by atoms with Crippen LogP contribution in [0.4, 0.5) is 5.69 Å². The lowest BCUT2D eigenvalue weighted by atomic mass is 9.79. The van der Waals surface area contributed by atoms with Gasteiger partial charge in [0, 0.05) is 30.9 Å². The van der Waals surface area contributed by atoms with Crippen molar-refractivity contribution in [2.45, 2.75) is 59.4 Å². The van der Waals surface area contributed by atoms with Gasteiger partial charge in [0.1, 0.15) is 5.57 Å². The van der Waals surface area contributed by atoms with Gasteiger partial charge in [0.25, 0.3) is 11.8 Å². The van der Waals surface area contributed by atoms with E-state index in [1.165, 1.54) is 21.1 Å². The van der Waals surface area contributed by atoms with Crippen LogP contribution < -0.4 is 4.90 Å². The third kappa shape index (κ3) is 3.59. The normalized spacial score (nSPS) is 21.6.